The number of anilines is 2. The van der Waals surface area contributed by atoms with Crippen molar-refractivity contribution in [3.05, 3.63) is 48.3 Å². The molecule has 2 aliphatic rings. The molecule has 2 fully saturated rings. The minimum absolute atomic E-state index is 0.300. The molecular weight excluding hydrogens is 458 g/mol. The van der Waals surface area contributed by atoms with Crippen molar-refractivity contribution in [2.45, 2.75) is 24.9 Å². The Morgan fingerprint density at radius 1 is 1.22 bits per heavy atom. The topological polar surface area (TPSA) is 97.8 Å². The molecule has 1 aromatic heterocycles. The van der Waals surface area contributed by atoms with E-state index in [-0.39, 0.29) is 11.7 Å². The molecule has 9 nitrogen and oxygen atoms in total. The first-order valence-corrected chi connectivity index (χ1v) is 12.1. The number of nitrogens with one attached hydrogen (secondary N) is 2. The van der Waals surface area contributed by atoms with Gasteiger partial charge in [0.05, 0.1) is 25.8 Å². The summed E-state index contributed by atoms with van der Waals surface area (Å²) in [6.07, 6.45) is 9.32. The van der Waals surface area contributed by atoms with Crippen LogP contribution < -0.4 is 20.1 Å². The molecule has 9 heteroatoms. The maximum Gasteiger partial charge on any atom is 0.407 e. The highest BCUT2D eigenvalue weighted by Gasteiger charge is 2.42. The van der Waals surface area contributed by atoms with Crippen molar-refractivity contribution < 1.29 is 19.0 Å². The van der Waals surface area contributed by atoms with E-state index in [0.29, 0.717) is 30.5 Å². The van der Waals surface area contributed by atoms with Crippen LogP contribution >= 0.6 is 0 Å². The molecule has 5 rings (SSSR count). The maximum absolute atomic E-state index is 11.4. The van der Waals surface area contributed by atoms with Gasteiger partial charge in [-0.05, 0) is 30.7 Å². The van der Waals surface area contributed by atoms with Crippen molar-refractivity contribution in [1.29, 1.82) is 0 Å². The zero-order valence-electron chi connectivity index (χ0n) is 20.3. The summed E-state index contributed by atoms with van der Waals surface area (Å²) in [5, 5.41) is 6.93. The number of aromatic nitrogens is 2. The molecule has 1 amide bonds. The van der Waals surface area contributed by atoms with E-state index in [1.807, 2.05) is 36.4 Å². The zero-order valence-corrected chi connectivity index (χ0v) is 20.3. The molecule has 2 saturated heterocycles. The number of hydrogen-bond acceptors (Lipinski definition) is 8. The second-order valence-electron chi connectivity index (χ2n) is 9.06. The van der Waals surface area contributed by atoms with Crippen LogP contribution in [0.2, 0.25) is 0 Å². The predicted molar refractivity (Wildman–Crippen MR) is 137 cm³/mol. The maximum atomic E-state index is 11.4. The van der Waals surface area contributed by atoms with Crippen molar-refractivity contribution in [3.8, 4) is 23.8 Å². The minimum atomic E-state index is -0.321. The predicted octanol–water partition coefficient (Wildman–Crippen LogP) is 3.71. The molecule has 1 spiro atoms. The average molecular weight is 488 g/mol. The van der Waals surface area contributed by atoms with Crippen molar-refractivity contribution in [2.75, 3.05) is 45.2 Å². The lowest BCUT2D eigenvalue weighted by Gasteiger charge is -2.37. The minimum Gasteiger partial charge on any atom is -0.493 e. The van der Waals surface area contributed by atoms with Crippen LogP contribution in [0.25, 0.3) is 10.9 Å². The highest BCUT2D eigenvalue weighted by Crippen LogP contribution is 2.35. The van der Waals surface area contributed by atoms with Gasteiger partial charge in [-0.25, -0.2) is 14.8 Å². The van der Waals surface area contributed by atoms with Gasteiger partial charge in [0.15, 0.2) is 11.5 Å². The lowest BCUT2D eigenvalue weighted by atomic mass is 9.91. The van der Waals surface area contributed by atoms with Gasteiger partial charge in [-0.2, -0.15) is 0 Å². The van der Waals surface area contributed by atoms with Crippen LogP contribution in [0.4, 0.5) is 16.3 Å². The number of carbonyl (C=O) groups is 1. The number of terminal acetylenes is 1. The molecule has 186 valence electrons. The summed E-state index contributed by atoms with van der Waals surface area (Å²) < 4.78 is 17.2. The number of nitrogens with zero attached hydrogens (tertiary/aromatic N) is 3. The van der Waals surface area contributed by atoms with E-state index in [4.69, 9.17) is 20.6 Å². The van der Waals surface area contributed by atoms with Crippen LogP contribution in [0.5, 0.6) is 11.5 Å². The third-order valence-electron chi connectivity index (χ3n) is 6.72. The number of alkyl carbamates (subject to hydrolysis) is 1. The monoisotopic (exact) mass is 487 g/mol. The van der Waals surface area contributed by atoms with E-state index in [2.05, 4.69) is 31.4 Å². The fraction of sp³-hybridized carbons (Fsp3) is 0.370. The van der Waals surface area contributed by atoms with Crippen LogP contribution in [-0.2, 0) is 4.74 Å². The van der Waals surface area contributed by atoms with Crippen LogP contribution in [0, 0.1) is 12.3 Å². The SMILES string of the molecule is C#Cc1cccc(Nc2ncnc3cc(OC)c(OCCCN4CCC5(CC4)CNC(=O)O5)cc23)c1. The summed E-state index contributed by atoms with van der Waals surface area (Å²) in [7, 11) is 1.62. The van der Waals surface area contributed by atoms with Crippen LogP contribution in [0.3, 0.4) is 0 Å². The molecule has 3 heterocycles. The van der Waals surface area contributed by atoms with Crippen molar-refractivity contribution in [2.24, 2.45) is 0 Å². The second kappa shape index (κ2) is 10.3. The van der Waals surface area contributed by atoms with Gasteiger partial charge < -0.3 is 29.7 Å². The molecule has 0 aliphatic carbocycles. The van der Waals surface area contributed by atoms with E-state index in [0.717, 1.165) is 61.1 Å². The second-order valence-corrected chi connectivity index (χ2v) is 9.06. The standard InChI is InChI=1S/C27H29N5O4/c1-3-19-6-4-7-20(14-19)31-25-21-15-24(23(34-2)16-22(21)29-18-30-25)35-13-5-10-32-11-8-27(9-12-32)17-28-26(33)36-27/h1,4,6-7,14-16,18H,5,8-13,17H2,2H3,(H,28,33)(H,29,30,31). The van der Waals surface area contributed by atoms with E-state index in [1.165, 1.54) is 6.33 Å². The molecule has 0 radical (unpaired) electrons. The number of benzene rings is 2. The molecule has 2 N–H and O–H groups in total. The summed E-state index contributed by atoms with van der Waals surface area (Å²) in [6, 6.07) is 11.4. The quantitative estimate of drug-likeness (QED) is 0.367. The Labute approximate surface area is 210 Å². The van der Waals surface area contributed by atoms with Crippen molar-refractivity contribution in [1.82, 2.24) is 20.2 Å². The zero-order chi connectivity index (χ0) is 25.0. The summed E-state index contributed by atoms with van der Waals surface area (Å²) in [5.74, 6) is 4.57. The molecule has 0 saturated carbocycles. The number of likely N-dealkylation sites (tertiary alicyclic amines) is 1. The summed E-state index contributed by atoms with van der Waals surface area (Å²) >= 11 is 0. The molecule has 2 aliphatic heterocycles. The van der Waals surface area contributed by atoms with E-state index >= 15 is 0 Å². The van der Waals surface area contributed by atoms with Gasteiger partial charge in [0.25, 0.3) is 0 Å². The Morgan fingerprint density at radius 3 is 2.83 bits per heavy atom. The Balaban J connectivity index is 1.22. The molecule has 3 aromatic rings. The third kappa shape index (κ3) is 5.14. The van der Waals surface area contributed by atoms with Crippen molar-refractivity contribution >= 4 is 28.5 Å². The van der Waals surface area contributed by atoms with Crippen molar-refractivity contribution in [3.63, 3.8) is 0 Å². The van der Waals surface area contributed by atoms with Crippen LogP contribution in [0.15, 0.2) is 42.7 Å². The fourth-order valence-corrected chi connectivity index (χ4v) is 4.69. The van der Waals surface area contributed by atoms with Crippen LogP contribution in [-0.4, -0.2) is 66.5 Å². The number of hydrogen-bond donors (Lipinski definition) is 2. The Morgan fingerprint density at radius 2 is 2.08 bits per heavy atom. The van der Waals surface area contributed by atoms with Gasteiger partial charge in [-0.1, -0.05) is 12.0 Å². The Hall–Kier alpha value is -4.03. The third-order valence-corrected chi connectivity index (χ3v) is 6.72. The highest BCUT2D eigenvalue weighted by molar-refractivity contribution is 5.93. The molecule has 0 unspecified atom stereocenters. The number of fused-ring (bicyclic) bond motifs is 1. The molecular formula is C27H29N5O4. The Kier molecular flexibility index (Phi) is 6.78. The number of rotatable bonds is 8. The molecule has 0 atom stereocenters. The lowest BCUT2D eigenvalue weighted by Crippen LogP contribution is -2.46. The number of piperidine rings is 1. The first-order valence-electron chi connectivity index (χ1n) is 12.1. The van der Waals surface area contributed by atoms with Crippen LogP contribution in [0.1, 0.15) is 24.8 Å². The molecule has 0 bridgehead atoms. The number of amides is 1. The number of ether oxygens (including phenoxy) is 3. The Bertz CT molecular complexity index is 1300. The smallest absolute Gasteiger partial charge is 0.407 e. The fourth-order valence-electron chi connectivity index (χ4n) is 4.69. The summed E-state index contributed by atoms with van der Waals surface area (Å²) in [5.41, 5.74) is 2.05. The highest BCUT2D eigenvalue weighted by atomic mass is 16.6. The lowest BCUT2D eigenvalue weighted by molar-refractivity contribution is 0.000131. The first kappa shape index (κ1) is 23.7. The van der Waals surface area contributed by atoms with Gasteiger partial charge in [0.1, 0.15) is 17.7 Å². The summed E-state index contributed by atoms with van der Waals surface area (Å²) in [6.45, 7) is 3.87. The van der Waals surface area contributed by atoms with Gasteiger partial charge in [-0.3, -0.25) is 0 Å². The van der Waals surface area contributed by atoms with E-state index < -0.39 is 0 Å². The largest absolute Gasteiger partial charge is 0.493 e. The normalized spacial score (nSPS) is 16.8. The number of carbonyl (C=O) groups excluding carboxylic acids is 1. The van der Waals surface area contributed by atoms with Gasteiger partial charge in [-0.15, -0.1) is 6.42 Å². The van der Waals surface area contributed by atoms with E-state index in [9.17, 15) is 4.79 Å². The van der Waals surface area contributed by atoms with Gasteiger partial charge in [0.2, 0.25) is 0 Å². The van der Waals surface area contributed by atoms with Gasteiger partial charge in [0, 0.05) is 55.2 Å². The van der Waals surface area contributed by atoms with Gasteiger partial charge >= 0.3 is 6.09 Å². The van der Waals surface area contributed by atoms with E-state index in [1.54, 1.807) is 7.11 Å². The molecule has 36 heavy (non-hydrogen) atoms. The molecule has 2 aromatic carbocycles. The first-order chi connectivity index (χ1) is 17.6. The number of methoxy groups -OCH3 is 1. The summed E-state index contributed by atoms with van der Waals surface area (Å²) in [4.78, 5) is 22.6. The average Bonchev–Trinajstić information content (AvgIpc) is 3.27.